The van der Waals surface area contributed by atoms with E-state index in [9.17, 15) is 18.0 Å². The molecule has 0 bridgehead atoms. The van der Waals surface area contributed by atoms with Gasteiger partial charge in [0.1, 0.15) is 5.75 Å². The standard InChI is InChI=1S/C13H17F3N2O2/c1-3-18(2)12(19)8-20-11-5-4-9(7-17)6-10(11)13(14,15)16/h4-6H,3,7-8,17H2,1-2H3. The van der Waals surface area contributed by atoms with Gasteiger partial charge in [0.25, 0.3) is 5.91 Å². The van der Waals surface area contributed by atoms with Crippen LogP contribution in [-0.2, 0) is 17.5 Å². The van der Waals surface area contributed by atoms with Crippen LogP contribution in [0.5, 0.6) is 5.75 Å². The van der Waals surface area contributed by atoms with Gasteiger partial charge in [0, 0.05) is 20.1 Å². The van der Waals surface area contributed by atoms with Crippen molar-refractivity contribution in [1.82, 2.24) is 4.90 Å². The van der Waals surface area contributed by atoms with Crippen LogP contribution in [0.15, 0.2) is 18.2 Å². The number of nitrogens with zero attached hydrogens (tertiary/aromatic N) is 1. The number of hydrogen-bond donors (Lipinski definition) is 1. The zero-order valence-electron chi connectivity index (χ0n) is 11.3. The van der Waals surface area contributed by atoms with Crippen molar-refractivity contribution in [2.75, 3.05) is 20.2 Å². The molecule has 112 valence electrons. The highest BCUT2D eigenvalue weighted by Crippen LogP contribution is 2.36. The van der Waals surface area contributed by atoms with Gasteiger partial charge in [-0.15, -0.1) is 0 Å². The molecule has 0 aliphatic rings. The fraction of sp³-hybridized carbons (Fsp3) is 0.462. The number of nitrogens with two attached hydrogens (primary N) is 1. The highest BCUT2D eigenvalue weighted by molar-refractivity contribution is 5.77. The first-order valence-corrected chi connectivity index (χ1v) is 6.06. The Hall–Kier alpha value is -1.76. The normalized spacial score (nSPS) is 11.3. The summed E-state index contributed by atoms with van der Waals surface area (Å²) in [6, 6.07) is 3.56. The van der Waals surface area contributed by atoms with Gasteiger partial charge in [0.05, 0.1) is 5.56 Å². The molecule has 0 saturated heterocycles. The Labute approximate surface area is 115 Å². The monoisotopic (exact) mass is 290 g/mol. The molecule has 1 aromatic carbocycles. The highest BCUT2D eigenvalue weighted by Gasteiger charge is 2.34. The number of rotatable bonds is 5. The number of carbonyl (C=O) groups excluding carboxylic acids is 1. The average molecular weight is 290 g/mol. The zero-order valence-corrected chi connectivity index (χ0v) is 11.3. The first-order valence-electron chi connectivity index (χ1n) is 6.06. The van der Waals surface area contributed by atoms with Gasteiger partial charge in [-0.25, -0.2) is 0 Å². The van der Waals surface area contributed by atoms with E-state index in [2.05, 4.69) is 0 Å². The minimum absolute atomic E-state index is 0.000856. The molecule has 0 fully saturated rings. The van der Waals surface area contributed by atoms with Gasteiger partial charge in [0.15, 0.2) is 6.61 Å². The van der Waals surface area contributed by atoms with E-state index in [1.54, 1.807) is 14.0 Å². The van der Waals surface area contributed by atoms with E-state index in [-0.39, 0.29) is 18.2 Å². The third kappa shape index (κ3) is 4.12. The largest absolute Gasteiger partial charge is 0.483 e. The summed E-state index contributed by atoms with van der Waals surface area (Å²) in [5.41, 5.74) is 4.75. The summed E-state index contributed by atoms with van der Waals surface area (Å²) in [7, 11) is 1.55. The quantitative estimate of drug-likeness (QED) is 0.902. The van der Waals surface area contributed by atoms with Crippen molar-refractivity contribution in [2.45, 2.75) is 19.6 Å². The Morgan fingerprint density at radius 3 is 2.55 bits per heavy atom. The van der Waals surface area contributed by atoms with Crippen molar-refractivity contribution in [1.29, 1.82) is 0 Å². The van der Waals surface area contributed by atoms with Crippen LogP contribution in [0.1, 0.15) is 18.1 Å². The van der Waals surface area contributed by atoms with E-state index in [1.807, 2.05) is 0 Å². The van der Waals surface area contributed by atoms with Crippen molar-refractivity contribution in [3.8, 4) is 5.75 Å². The molecule has 0 heterocycles. The second-order valence-electron chi connectivity index (χ2n) is 4.23. The lowest BCUT2D eigenvalue weighted by Crippen LogP contribution is -2.31. The van der Waals surface area contributed by atoms with Crippen LogP contribution in [0.25, 0.3) is 0 Å². The fourth-order valence-electron chi connectivity index (χ4n) is 1.48. The predicted octanol–water partition coefficient (Wildman–Crippen LogP) is 2.02. The molecular formula is C13H17F3N2O2. The molecule has 1 rings (SSSR count). The maximum absolute atomic E-state index is 12.9. The molecule has 0 atom stereocenters. The van der Waals surface area contributed by atoms with Crippen molar-refractivity contribution in [2.24, 2.45) is 5.73 Å². The topological polar surface area (TPSA) is 55.6 Å². The number of alkyl halides is 3. The van der Waals surface area contributed by atoms with Crippen LogP contribution in [0.4, 0.5) is 13.2 Å². The highest BCUT2D eigenvalue weighted by atomic mass is 19.4. The Balaban J connectivity index is 2.92. The molecule has 4 nitrogen and oxygen atoms in total. The van der Waals surface area contributed by atoms with E-state index in [1.165, 1.54) is 17.0 Å². The summed E-state index contributed by atoms with van der Waals surface area (Å²) in [5, 5.41) is 0. The van der Waals surface area contributed by atoms with Gasteiger partial charge in [-0.2, -0.15) is 13.2 Å². The van der Waals surface area contributed by atoms with Crippen LogP contribution < -0.4 is 10.5 Å². The maximum Gasteiger partial charge on any atom is 0.419 e. The predicted molar refractivity (Wildman–Crippen MR) is 68.1 cm³/mol. The first-order chi connectivity index (χ1) is 9.29. The summed E-state index contributed by atoms with van der Waals surface area (Å²) in [6.45, 7) is 1.78. The number of likely N-dealkylation sites (N-methyl/N-ethyl adjacent to an activating group) is 1. The SMILES string of the molecule is CCN(C)C(=O)COc1ccc(CN)cc1C(F)(F)F. The van der Waals surface area contributed by atoms with Crippen LogP contribution >= 0.6 is 0 Å². The summed E-state index contributed by atoms with van der Waals surface area (Å²) in [5.74, 6) is -0.754. The molecule has 0 saturated carbocycles. The molecule has 0 unspecified atom stereocenters. The number of hydrogen-bond acceptors (Lipinski definition) is 3. The maximum atomic E-state index is 12.9. The van der Waals surface area contributed by atoms with Crippen LogP contribution in [0, 0.1) is 0 Å². The lowest BCUT2D eigenvalue weighted by molar-refractivity contribution is -0.140. The van der Waals surface area contributed by atoms with Crippen molar-refractivity contribution < 1.29 is 22.7 Å². The molecule has 0 radical (unpaired) electrons. The Kier molecular flexibility index (Phi) is 5.38. The van der Waals surface area contributed by atoms with Gasteiger partial charge >= 0.3 is 6.18 Å². The third-order valence-corrected chi connectivity index (χ3v) is 2.84. The minimum atomic E-state index is -4.56. The molecular weight excluding hydrogens is 273 g/mol. The number of amides is 1. The van der Waals surface area contributed by atoms with Crippen molar-refractivity contribution in [3.05, 3.63) is 29.3 Å². The molecule has 1 amide bonds. The van der Waals surface area contributed by atoms with E-state index in [0.29, 0.717) is 12.1 Å². The van der Waals surface area contributed by atoms with E-state index in [0.717, 1.165) is 6.07 Å². The smallest absolute Gasteiger partial charge is 0.419 e. The zero-order chi connectivity index (χ0) is 15.3. The van der Waals surface area contributed by atoms with Gasteiger partial charge in [-0.05, 0) is 24.6 Å². The number of benzene rings is 1. The molecule has 0 aliphatic heterocycles. The summed E-state index contributed by atoms with van der Waals surface area (Å²) < 4.78 is 43.7. The Morgan fingerprint density at radius 2 is 2.05 bits per heavy atom. The molecule has 7 heteroatoms. The Morgan fingerprint density at radius 1 is 1.40 bits per heavy atom. The summed E-state index contributed by atoms with van der Waals surface area (Å²) >= 11 is 0. The number of ether oxygens (including phenoxy) is 1. The van der Waals surface area contributed by atoms with Gasteiger partial charge in [0.2, 0.25) is 0 Å². The lowest BCUT2D eigenvalue weighted by Gasteiger charge is -2.17. The Bertz CT molecular complexity index is 475. The van der Waals surface area contributed by atoms with Gasteiger partial charge in [-0.1, -0.05) is 6.07 Å². The summed E-state index contributed by atoms with van der Waals surface area (Å²) in [4.78, 5) is 12.9. The second-order valence-corrected chi connectivity index (χ2v) is 4.23. The molecule has 0 aliphatic carbocycles. The second kappa shape index (κ2) is 6.60. The number of halogens is 3. The molecule has 20 heavy (non-hydrogen) atoms. The van der Waals surface area contributed by atoms with Crippen LogP contribution in [-0.4, -0.2) is 31.0 Å². The molecule has 2 N–H and O–H groups in total. The summed E-state index contributed by atoms with van der Waals surface area (Å²) in [6.07, 6.45) is -4.56. The molecule has 0 spiro atoms. The lowest BCUT2D eigenvalue weighted by atomic mass is 10.1. The van der Waals surface area contributed by atoms with Crippen LogP contribution in [0.3, 0.4) is 0 Å². The average Bonchev–Trinajstić information content (AvgIpc) is 2.42. The van der Waals surface area contributed by atoms with E-state index < -0.39 is 18.3 Å². The van der Waals surface area contributed by atoms with Gasteiger partial charge in [-0.3, -0.25) is 4.79 Å². The fourth-order valence-corrected chi connectivity index (χ4v) is 1.48. The minimum Gasteiger partial charge on any atom is -0.483 e. The van der Waals surface area contributed by atoms with Crippen molar-refractivity contribution >= 4 is 5.91 Å². The van der Waals surface area contributed by atoms with Crippen molar-refractivity contribution in [3.63, 3.8) is 0 Å². The van der Waals surface area contributed by atoms with E-state index in [4.69, 9.17) is 10.5 Å². The van der Waals surface area contributed by atoms with E-state index >= 15 is 0 Å². The third-order valence-electron chi connectivity index (χ3n) is 2.84. The van der Waals surface area contributed by atoms with Crippen LogP contribution in [0.2, 0.25) is 0 Å². The molecule has 1 aromatic rings. The number of carbonyl (C=O) groups is 1. The van der Waals surface area contributed by atoms with Gasteiger partial charge < -0.3 is 15.4 Å². The molecule has 0 aromatic heterocycles. The first kappa shape index (κ1) is 16.3.